The van der Waals surface area contributed by atoms with E-state index in [1.54, 1.807) is 24.4 Å². The van der Waals surface area contributed by atoms with Gasteiger partial charge in [0, 0.05) is 17.1 Å². The third kappa shape index (κ3) is 3.32. The summed E-state index contributed by atoms with van der Waals surface area (Å²) in [6, 6.07) is 15.0. The summed E-state index contributed by atoms with van der Waals surface area (Å²) in [5, 5.41) is 2.81. The van der Waals surface area contributed by atoms with Crippen molar-refractivity contribution in [3.63, 3.8) is 0 Å². The molecular formula is C16H12N2O2S. The second-order valence-corrected chi connectivity index (χ2v) is 5.16. The number of thiazole rings is 1. The molecule has 0 aliphatic carbocycles. The maximum Gasteiger partial charge on any atom is 0.357 e. The number of rotatable bonds is 4. The lowest BCUT2D eigenvalue weighted by Crippen LogP contribution is -2.07. The highest BCUT2D eigenvalue weighted by molar-refractivity contribution is 7.13. The van der Waals surface area contributed by atoms with Crippen molar-refractivity contribution in [2.75, 3.05) is 0 Å². The zero-order valence-corrected chi connectivity index (χ0v) is 11.9. The van der Waals surface area contributed by atoms with E-state index >= 15 is 0 Å². The number of aromatic nitrogens is 2. The predicted molar refractivity (Wildman–Crippen MR) is 80.9 cm³/mol. The monoisotopic (exact) mass is 296 g/mol. The Hall–Kier alpha value is -2.53. The van der Waals surface area contributed by atoms with Crippen molar-refractivity contribution in [1.29, 1.82) is 0 Å². The van der Waals surface area contributed by atoms with E-state index in [1.165, 1.54) is 11.3 Å². The van der Waals surface area contributed by atoms with Crippen LogP contribution in [0.4, 0.5) is 0 Å². The molecule has 104 valence electrons. The molecule has 3 rings (SSSR count). The summed E-state index contributed by atoms with van der Waals surface area (Å²) in [7, 11) is 0. The first-order valence-corrected chi connectivity index (χ1v) is 7.29. The highest BCUT2D eigenvalue weighted by Gasteiger charge is 2.10. The van der Waals surface area contributed by atoms with Crippen LogP contribution >= 0.6 is 11.3 Å². The lowest BCUT2D eigenvalue weighted by Gasteiger charge is -2.01. The molecule has 4 nitrogen and oxygen atoms in total. The minimum atomic E-state index is -0.440. The SMILES string of the molecule is O=C(OCc1csc(-c2ccccc2)n1)c1ccccn1. The molecule has 0 aliphatic heterocycles. The Labute approximate surface area is 126 Å². The first kappa shape index (κ1) is 13.5. The van der Waals surface area contributed by atoms with E-state index < -0.39 is 5.97 Å². The van der Waals surface area contributed by atoms with Crippen molar-refractivity contribution in [1.82, 2.24) is 9.97 Å². The molecule has 0 unspecified atom stereocenters. The van der Waals surface area contributed by atoms with Gasteiger partial charge in [0.15, 0.2) is 0 Å². The summed E-state index contributed by atoms with van der Waals surface area (Å²) in [6.07, 6.45) is 1.56. The Balaban J connectivity index is 1.64. The van der Waals surface area contributed by atoms with Gasteiger partial charge >= 0.3 is 5.97 Å². The number of hydrogen-bond donors (Lipinski definition) is 0. The van der Waals surface area contributed by atoms with Crippen molar-refractivity contribution >= 4 is 17.3 Å². The number of carbonyl (C=O) groups is 1. The van der Waals surface area contributed by atoms with Crippen molar-refractivity contribution < 1.29 is 9.53 Å². The van der Waals surface area contributed by atoms with Gasteiger partial charge in [0.2, 0.25) is 0 Å². The highest BCUT2D eigenvalue weighted by atomic mass is 32.1. The smallest absolute Gasteiger partial charge is 0.357 e. The lowest BCUT2D eigenvalue weighted by atomic mass is 10.2. The molecule has 0 aliphatic rings. The van der Waals surface area contributed by atoms with Crippen LogP contribution in [0.25, 0.3) is 10.6 Å². The van der Waals surface area contributed by atoms with Crippen molar-refractivity contribution in [2.45, 2.75) is 6.61 Å². The maximum absolute atomic E-state index is 11.8. The molecule has 0 fully saturated rings. The van der Waals surface area contributed by atoms with Gasteiger partial charge in [-0.15, -0.1) is 11.3 Å². The zero-order valence-electron chi connectivity index (χ0n) is 11.1. The molecule has 2 heterocycles. The first-order chi connectivity index (χ1) is 10.3. The number of hydrogen-bond acceptors (Lipinski definition) is 5. The van der Waals surface area contributed by atoms with E-state index in [4.69, 9.17) is 4.74 Å². The van der Waals surface area contributed by atoms with E-state index in [1.807, 2.05) is 35.7 Å². The summed E-state index contributed by atoms with van der Waals surface area (Å²) in [6.45, 7) is 0.152. The fraction of sp³-hybridized carbons (Fsp3) is 0.0625. The van der Waals surface area contributed by atoms with Crippen LogP contribution in [0, 0.1) is 0 Å². The maximum atomic E-state index is 11.8. The molecule has 0 spiro atoms. The quantitative estimate of drug-likeness (QED) is 0.691. The summed E-state index contributed by atoms with van der Waals surface area (Å²) < 4.78 is 5.21. The van der Waals surface area contributed by atoms with Gasteiger partial charge in [-0.25, -0.2) is 14.8 Å². The molecule has 21 heavy (non-hydrogen) atoms. The highest BCUT2D eigenvalue weighted by Crippen LogP contribution is 2.23. The summed E-state index contributed by atoms with van der Waals surface area (Å²) in [4.78, 5) is 20.2. The first-order valence-electron chi connectivity index (χ1n) is 6.41. The molecule has 5 heteroatoms. The van der Waals surface area contributed by atoms with Crippen molar-refractivity contribution in [3.8, 4) is 10.6 Å². The number of carbonyl (C=O) groups excluding carboxylic acids is 1. The van der Waals surface area contributed by atoms with Crippen LogP contribution in [-0.4, -0.2) is 15.9 Å². The number of nitrogens with zero attached hydrogens (tertiary/aromatic N) is 2. The van der Waals surface area contributed by atoms with E-state index in [0.29, 0.717) is 5.69 Å². The second-order valence-electron chi connectivity index (χ2n) is 4.30. The van der Waals surface area contributed by atoms with Crippen molar-refractivity contribution in [2.24, 2.45) is 0 Å². The fourth-order valence-corrected chi connectivity index (χ4v) is 2.59. The Morgan fingerprint density at radius 1 is 1.10 bits per heavy atom. The van der Waals surface area contributed by atoms with Gasteiger partial charge in [-0.05, 0) is 12.1 Å². The molecule has 0 saturated carbocycles. The van der Waals surface area contributed by atoms with Crippen LogP contribution < -0.4 is 0 Å². The van der Waals surface area contributed by atoms with Crippen LogP contribution in [0.5, 0.6) is 0 Å². The summed E-state index contributed by atoms with van der Waals surface area (Å²) >= 11 is 1.53. The molecule has 3 aromatic rings. The van der Waals surface area contributed by atoms with E-state index in [-0.39, 0.29) is 6.61 Å². The Bertz CT molecular complexity index is 726. The standard InChI is InChI=1S/C16H12N2O2S/c19-16(14-8-4-5-9-17-14)20-10-13-11-21-15(18-13)12-6-2-1-3-7-12/h1-9,11H,10H2. The van der Waals surface area contributed by atoms with Gasteiger partial charge in [0.25, 0.3) is 0 Å². The predicted octanol–water partition coefficient (Wildman–Crippen LogP) is 3.56. The van der Waals surface area contributed by atoms with E-state index in [0.717, 1.165) is 16.3 Å². The third-order valence-electron chi connectivity index (χ3n) is 2.80. The van der Waals surface area contributed by atoms with Gasteiger partial charge in [-0.1, -0.05) is 36.4 Å². The average Bonchev–Trinajstić information content (AvgIpc) is 3.03. The van der Waals surface area contributed by atoms with Crippen LogP contribution in [-0.2, 0) is 11.3 Å². The van der Waals surface area contributed by atoms with E-state index in [2.05, 4.69) is 9.97 Å². The number of esters is 1. The lowest BCUT2D eigenvalue weighted by molar-refractivity contribution is 0.0461. The van der Waals surface area contributed by atoms with Gasteiger partial charge in [0.05, 0.1) is 5.69 Å². The van der Waals surface area contributed by atoms with E-state index in [9.17, 15) is 4.79 Å². The van der Waals surface area contributed by atoms with Crippen molar-refractivity contribution in [3.05, 3.63) is 71.5 Å². The van der Waals surface area contributed by atoms with Crippen LogP contribution in [0.15, 0.2) is 60.1 Å². The van der Waals surface area contributed by atoms with Gasteiger partial charge in [0.1, 0.15) is 17.3 Å². The molecule has 0 radical (unpaired) electrons. The average molecular weight is 296 g/mol. The van der Waals surface area contributed by atoms with Crippen LogP contribution in [0.3, 0.4) is 0 Å². The Kier molecular flexibility index (Phi) is 4.02. The molecule has 0 saturated heterocycles. The number of benzene rings is 1. The topological polar surface area (TPSA) is 52.1 Å². The van der Waals surface area contributed by atoms with Gasteiger partial charge < -0.3 is 4.74 Å². The van der Waals surface area contributed by atoms with Gasteiger partial charge in [-0.2, -0.15) is 0 Å². The molecule has 0 N–H and O–H groups in total. The Morgan fingerprint density at radius 3 is 2.67 bits per heavy atom. The summed E-state index contributed by atoms with van der Waals surface area (Å²) in [5.41, 5.74) is 2.10. The normalized spacial score (nSPS) is 10.3. The largest absolute Gasteiger partial charge is 0.454 e. The van der Waals surface area contributed by atoms with Crippen LogP contribution in [0.1, 0.15) is 16.2 Å². The molecule has 0 bridgehead atoms. The minimum absolute atomic E-state index is 0.152. The molecule has 0 atom stereocenters. The molecule has 2 aromatic heterocycles. The molecule has 1 aromatic carbocycles. The van der Waals surface area contributed by atoms with Crippen LogP contribution in [0.2, 0.25) is 0 Å². The molecule has 0 amide bonds. The number of ether oxygens (including phenoxy) is 1. The Morgan fingerprint density at radius 2 is 1.90 bits per heavy atom. The molecular weight excluding hydrogens is 284 g/mol. The summed E-state index contributed by atoms with van der Waals surface area (Å²) in [5.74, 6) is -0.440. The van der Waals surface area contributed by atoms with Gasteiger partial charge in [-0.3, -0.25) is 0 Å². The zero-order chi connectivity index (χ0) is 14.5. The third-order valence-corrected chi connectivity index (χ3v) is 3.74. The number of pyridine rings is 1. The second kappa shape index (κ2) is 6.28. The fourth-order valence-electron chi connectivity index (χ4n) is 1.78. The minimum Gasteiger partial charge on any atom is -0.454 e.